The van der Waals surface area contributed by atoms with E-state index in [9.17, 15) is 14.9 Å². The van der Waals surface area contributed by atoms with Crippen LogP contribution in [0.5, 0.6) is 5.75 Å². The zero-order valence-corrected chi connectivity index (χ0v) is 14.8. The Morgan fingerprint density at radius 2 is 1.78 bits per heavy atom. The first-order valence-corrected chi connectivity index (χ1v) is 8.42. The molecule has 0 aromatic heterocycles. The van der Waals surface area contributed by atoms with E-state index in [-0.39, 0.29) is 11.6 Å². The highest BCUT2D eigenvalue weighted by Gasteiger charge is 2.10. The molecule has 7 heteroatoms. The number of carbonyl (C=O) groups excluding carboxylic acids is 1. The zero-order valence-electron chi connectivity index (χ0n) is 14.1. The van der Waals surface area contributed by atoms with Crippen LogP contribution in [0.4, 0.5) is 11.4 Å². The second kappa shape index (κ2) is 8.33. The summed E-state index contributed by atoms with van der Waals surface area (Å²) in [5.41, 5.74) is 1.52. The van der Waals surface area contributed by atoms with Gasteiger partial charge in [0.2, 0.25) is 0 Å². The molecule has 0 spiro atoms. The molecule has 3 rings (SSSR count). The van der Waals surface area contributed by atoms with Crippen LogP contribution in [0.2, 0.25) is 5.02 Å². The molecule has 0 bridgehead atoms. The summed E-state index contributed by atoms with van der Waals surface area (Å²) >= 11 is 5.84. The number of ether oxygens (including phenoxy) is 1. The Labute approximate surface area is 160 Å². The van der Waals surface area contributed by atoms with Crippen LogP contribution < -0.4 is 10.1 Å². The van der Waals surface area contributed by atoms with Crippen molar-refractivity contribution in [1.29, 1.82) is 0 Å². The topological polar surface area (TPSA) is 81.5 Å². The smallest absolute Gasteiger partial charge is 0.271 e. The molecule has 0 fully saturated rings. The Hall–Kier alpha value is -3.38. The van der Waals surface area contributed by atoms with Crippen molar-refractivity contribution in [3.63, 3.8) is 0 Å². The van der Waals surface area contributed by atoms with Crippen molar-refractivity contribution in [2.45, 2.75) is 6.61 Å². The lowest BCUT2D eigenvalue weighted by Crippen LogP contribution is -2.12. The van der Waals surface area contributed by atoms with Gasteiger partial charge in [-0.05, 0) is 48.0 Å². The predicted molar refractivity (Wildman–Crippen MR) is 103 cm³/mol. The minimum atomic E-state index is -0.510. The molecular weight excluding hydrogens is 368 g/mol. The largest absolute Gasteiger partial charge is 0.489 e. The molecule has 0 saturated heterocycles. The van der Waals surface area contributed by atoms with Crippen LogP contribution in [0, 0.1) is 10.1 Å². The second-order valence-electron chi connectivity index (χ2n) is 5.70. The Morgan fingerprint density at radius 1 is 1.04 bits per heavy atom. The second-order valence-corrected chi connectivity index (χ2v) is 6.14. The lowest BCUT2D eigenvalue weighted by atomic mass is 10.1. The summed E-state index contributed by atoms with van der Waals surface area (Å²) in [6.07, 6.45) is 0. The van der Waals surface area contributed by atoms with Gasteiger partial charge >= 0.3 is 0 Å². The van der Waals surface area contributed by atoms with Crippen LogP contribution in [0.15, 0.2) is 72.8 Å². The standard InChI is InChI=1S/C20H15ClN2O4/c21-16-7-9-19(10-8-16)27-13-14-3-1-4-15(11-14)20(24)22-17-5-2-6-18(12-17)23(25)26/h1-12H,13H2,(H,22,24). The summed E-state index contributed by atoms with van der Waals surface area (Å²) in [4.78, 5) is 22.7. The number of nitrogens with one attached hydrogen (secondary N) is 1. The monoisotopic (exact) mass is 382 g/mol. The molecule has 136 valence electrons. The number of nitrogens with zero attached hydrogens (tertiary/aromatic N) is 1. The summed E-state index contributed by atoms with van der Waals surface area (Å²) in [7, 11) is 0. The Balaban J connectivity index is 1.67. The van der Waals surface area contributed by atoms with E-state index in [2.05, 4.69) is 5.32 Å². The van der Waals surface area contributed by atoms with E-state index < -0.39 is 4.92 Å². The number of benzene rings is 3. The minimum absolute atomic E-state index is 0.0853. The lowest BCUT2D eigenvalue weighted by molar-refractivity contribution is -0.384. The van der Waals surface area contributed by atoms with Gasteiger partial charge < -0.3 is 10.1 Å². The highest BCUT2D eigenvalue weighted by atomic mass is 35.5. The third-order valence-corrected chi connectivity index (χ3v) is 3.98. The molecule has 0 aliphatic rings. The molecule has 0 atom stereocenters. The maximum atomic E-state index is 12.4. The summed E-state index contributed by atoms with van der Waals surface area (Å²) in [6, 6.07) is 19.8. The molecular formula is C20H15ClN2O4. The average Bonchev–Trinajstić information content (AvgIpc) is 2.68. The molecule has 6 nitrogen and oxygen atoms in total. The quantitative estimate of drug-likeness (QED) is 0.476. The summed E-state index contributed by atoms with van der Waals surface area (Å²) in [5, 5.41) is 14.1. The van der Waals surface area contributed by atoms with Crippen molar-refractivity contribution >= 4 is 28.9 Å². The molecule has 0 aliphatic heterocycles. The first-order chi connectivity index (χ1) is 13.0. The molecule has 3 aromatic carbocycles. The van der Waals surface area contributed by atoms with E-state index in [1.165, 1.54) is 18.2 Å². The lowest BCUT2D eigenvalue weighted by Gasteiger charge is -2.09. The third-order valence-electron chi connectivity index (χ3n) is 3.72. The van der Waals surface area contributed by atoms with Crippen molar-refractivity contribution in [2.24, 2.45) is 0 Å². The summed E-state index contributed by atoms with van der Waals surface area (Å²) in [6.45, 7) is 0.291. The van der Waals surface area contributed by atoms with Crippen molar-refractivity contribution in [2.75, 3.05) is 5.32 Å². The highest BCUT2D eigenvalue weighted by Crippen LogP contribution is 2.19. The van der Waals surface area contributed by atoms with Gasteiger partial charge in [0.1, 0.15) is 12.4 Å². The summed E-state index contributed by atoms with van der Waals surface area (Å²) < 4.78 is 5.68. The Kier molecular flexibility index (Phi) is 5.68. The predicted octanol–water partition coefficient (Wildman–Crippen LogP) is 5.08. The maximum Gasteiger partial charge on any atom is 0.271 e. The van der Waals surface area contributed by atoms with Gasteiger partial charge in [0.25, 0.3) is 11.6 Å². The van der Waals surface area contributed by atoms with E-state index in [1.54, 1.807) is 48.5 Å². The van der Waals surface area contributed by atoms with E-state index in [0.29, 0.717) is 28.6 Å². The molecule has 1 N–H and O–H groups in total. The molecule has 1 amide bonds. The van der Waals surface area contributed by atoms with Gasteiger partial charge in [0.05, 0.1) is 4.92 Å². The number of hydrogen-bond donors (Lipinski definition) is 1. The molecule has 0 unspecified atom stereocenters. The van der Waals surface area contributed by atoms with Crippen LogP contribution in [-0.2, 0) is 6.61 Å². The molecule has 0 heterocycles. The zero-order chi connectivity index (χ0) is 19.2. The van der Waals surface area contributed by atoms with E-state index in [0.717, 1.165) is 5.56 Å². The SMILES string of the molecule is O=C(Nc1cccc([N+](=O)[O-])c1)c1cccc(COc2ccc(Cl)cc2)c1. The number of non-ortho nitro benzene ring substituents is 1. The first kappa shape index (κ1) is 18.4. The fourth-order valence-electron chi connectivity index (χ4n) is 2.40. The molecule has 0 aliphatic carbocycles. The number of anilines is 1. The minimum Gasteiger partial charge on any atom is -0.489 e. The maximum absolute atomic E-state index is 12.4. The van der Waals surface area contributed by atoms with Gasteiger partial charge in [0, 0.05) is 28.4 Å². The average molecular weight is 383 g/mol. The fraction of sp³-hybridized carbons (Fsp3) is 0.0500. The fourth-order valence-corrected chi connectivity index (χ4v) is 2.53. The Bertz CT molecular complexity index is 974. The van der Waals surface area contributed by atoms with Gasteiger partial charge in [-0.3, -0.25) is 14.9 Å². The van der Waals surface area contributed by atoms with Crippen LogP contribution in [0.1, 0.15) is 15.9 Å². The number of carbonyl (C=O) groups is 1. The van der Waals surface area contributed by atoms with Crippen molar-refractivity contribution in [3.05, 3.63) is 99.1 Å². The molecule has 0 radical (unpaired) electrons. The van der Waals surface area contributed by atoms with Crippen molar-refractivity contribution in [1.82, 2.24) is 0 Å². The first-order valence-electron chi connectivity index (χ1n) is 8.04. The van der Waals surface area contributed by atoms with Gasteiger partial charge in [-0.2, -0.15) is 0 Å². The summed E-state index contributed by atoms with van der Waals surface area (Å²) in [5.74, 6) is 0.315. The van der Waals surface area contributed by atoms with E-state index in [4.69, 9.17) is 16.3 Å². The van der Waals surface area contributed by atoms with Crippen LogP contribution in [0.25, 0.3) is 0 Å². The van der Waals surface area contributed by atoms with Gasteiger partial charge in [-0.25, -0.2) is 0 Å². The van der Waals surface area contributed by atoms with Gasteiger partial charge in [0.15, 0.2) is 0 Å². The van der Waals surface area contributed by atoms with Gasteiger partial charge in [-0.1, -0.05) is 29.8 Å². The number of halogens is 1. The molecule has 3 aromatic rings. The molecule has 27 heavy (non-hydrogen) atoms. The number of amides is 1. The third kappa shape index (κ3) is 5.05. The number of hydrogen-bond acceptors (Lipinski definition) is 4. The molecule has 0 saturated carbocycles. The van der Waals surface area contributed by atoms with Crippen LogP contribution in [0.3, 0.4) is 0 Å². The number of nitro benzene ring substituents is 1. The van der Waals surface area contributed by atoms with Crippen LogP contribution in [-0.4, -0.2) is 10.8 Å². The van der Waals surface area contributed by atoms with Crippen LogP contribution >= 0.6 is 11.6 Å². The number of rotatable bonds is 6. The normalized spacial score (nSPS) is 10.3. The number of nitro groups is 1. The van der Waals surface area contributed by atoms with Crippen molar-refractivity contribution < 1.29 is 14.5 Å². The highest BCUT2D eigenvalue weighted by molar-refractivity contribution is 6.30. The van der Waals surface area contributed by atoms with E-state index in [1.807, 2.05) is 6.07 Å². The van der Waals surface area contributed by atoms with E-state index >= 15 is 0 Å². The van der Waals surface area contributed by atoms with Crippen molar-refractivity contribution in [3.8, 4) is 5.75 Å². The van der Waals surface area contributed by atoms with Gasteiger partial charge in [-0.15, -0.1) is 0 Å². The Morgan fingerprint density at radius 3 is 2.52 bits per heavy atom.